The van der Waals surface area contributed by atoms with Gasteiger partial charge in [-0.05, 0) is 30.2 Å². The average Bonchev–Trinajstić information content (AvgIpc) is 3.13. The van der Waals surface area contributed by atoms with Gasteiger partial charge in [0.1, 0.15) is 5.65 Å². The number of imidazole rings is 1. The van der Waals surface area contributed by atoms with Gasteiger partial charge in [-0.1, -0.05) is 60.2 Å². The van der Waals surface area contributed by atoms with Gasteiger partial charge in [0.05, 0.1) is 11.4 Å². The van der Waals surface area contributed by atoms with Gasteiger partial charge in [-0.2, -0.15) is 0 Å². The van der Waals surface area contributed by atoms with E-state index in [0.29, 0.717) is 0 Å². The zero-order valence-electron chi connectivity index (χ0n) is 16.8. The fraction of sp³-hybridized carbons (Fsp3) is 0.240. The molecule has 0 amide bonds. The number of rotatable bonds is 4. The Morgan fingerprint density at radius 2 is 1.66 bits per heavy atom. The molecule has 4 aromatic rings. The number of hydrogen-bond acceptors (Lipinski definition) is 3. The monoisotopic (exact) mass is 382 g/mol. The summed E-state index contributed by atoms with van der Waals surface area (Å²) in [6.45, 7) is 7.28. The standard InChI is InChI=1S/C25H26N4/c1-19-6-5-9-21(16-19)22-10-11-24-27-25(20-7-3-2-4-8-20)23(29(24)17-22)18-28-14-12-26-13-15-28/h2-11,16-17,26H,12-15,18H2,1H3. The van der Waals surface area contributed by atoms with Crippen molar-refractivity contribution in [3.63, 3.8) is 0 Å². The number of pyridine rings is 1. The third-order valence-electron chi connectivity index (χ3n) is 5.70. The largest absolute Gasteiger partial charge is 0.314 e. The molecular weight excluding hydrogens is 356 g/mol. The van der Waals surface area contributed by atoms with Crippen LogP contribution in [-0.4, -0.2) is 40.5 Å². The first-order chi connectivity index (χ1) is 14.3. The number of aryl methyl sites for hydroxylation is 1. The van der Waals surface area contributed by atoms with Gasteiger partial charge in [0.2, 0.25) is 0 Å². The van der Waals surface area contributed by atoms with Gasteiger partial charge in [-0.15, -0.1) is 0 Å². The number of piperazine rings is 1. The van der Waals surface area contributed by atoms with E-state index in [1.54, 1.807) is 0 Å². The minimum atomic E-state index is 0.907. The molecule has 5 rings (SSSR count). The molecule has 0 atom stereocenters. The highest BCUT2D eigenvalue weighted by Crippen LogP contribution is 2.28. The zero-order chi connectivity index (χ0) is 19.6. The van der Waals surface area contributed by atoms with Crippen LogP contribution in [0.4, 0.5) is 0 Å². The number of nitrogens with zero attached hydrogens (tertiary/aromatic N) is 3. The van der Waals surface area contributed by atoms with Crippen molar-refractivity contribution in [3.8, 4) is 22.4 Å². The van der Waals surface area contributed by atoms with Crippen LogP contribution in [0.3, 0.4) is 0 Å². The molecule has 1 N–H and O–H groups in total. The summed E-state index contributed by atoms with van der Waals surface area (Å²) in [5, 5.41) is 3.45. The Kier molecular flexibility index (Phi) is 4.88. The molecule has 1 saturated heterocycles. The molecule has 0 aliphatic carbocycles. The summed E-state index contributed by atoms with van der Waals surface area (Å²) in [5.41, 5.74) is 8.28. The fourth-order valence-corrected chi connectivity index (χ4v) is 4.15. The minimum Gasteiger partial charge on any atom is -0.314 e. The first-order valence-electron chi connectivity index (χ1n) is 10.3. The molecule has 146 valence electrons. The Balaban J connectivity index is 1.64. The van der Waals surface area contributed by atoms with Crippen LogP contribution in [0.15, 0.2) is 72.9 Å². The summed E-state index contributed by atoms with van der Waals surface area (Å²) in [6.07, 6.45) is 2.25. The molecule has 0 bridgehead atoms. The number of nitrogens with one attached hydrogen (secondary N) is 1. The molecule has 2 aromatic heterocycles. The molecule has 0 unspecified atom stereocenters. The molecule has 4 nitrogen and oxygen atoms in total. The smallest absolute Gasteiger partial charge is 0.137 e. The lowest BCUT2D eigenvalue weighted by Gasteiger charge is -2.27. The quantitative estimate of drug-likeness (QED) is 0.568. The fourth-order valence-electron chi connectivity index (χ4n) is 4.15. The van der Waals surface area contributed by atoms with Crippen molar-refractivity contribution in [3.05, 3.63) is 84.2 Å². The molecular formula is C25H26N4. The first-order valence-corrected chi connectivity index (χ1v) is 10.3. The number of hydrogen-bond donors (Lipinski definition) is 1. The van der Waals surface area contributed by atoms with E-state index in [1.165, 1.54) is 27.9 Å². The van der Waals surface area contributed by atoms with Crippen LogP contribution < -0.4 is 5.32 Å². The van der Waals surface area contributed by atoms with Crippen molar-refractivity contribution in [1.82, 2.24) is 19.6 Å². The van der Waals surface area contributed by atoms with E-state index in [1.807, 2.05) is 0 Å². The van der Waals surface area contributed by atoms with Crippen LogP contribution in [0.25, 0.3) is 28.0 Å². The van der Waals surface area contributed by atoms with E-state index >= 15 is 0 Å². The maximum Gasteiger partial charge on any atom is 0.137 e. The SMILES string of the molecule is Cc1cccc(-c2ccc3nc(-c4ccccc4)c(CN4CCNCC4)n3c2)c1. The first kappa shape index (κ1) is 18.1. The number of fused-ring (bicyclic) bond motifs is 1. The summed E-state index contributed by atoms with van der Waals surface area (Å²) >= 11 is 0. The van der Waals surface area contributed by atoms with Gasteiger partial charge in [-0.3, -0.25) is 4.90 Å². The maximum absolute atomic E-state index is 5.02. The third kappa shape index (κ3) is 3.69. The molecule has 0 spiro atoms. The Morgan fingerprint density at radius 1 is 0.862 bits per heavy atom. The van der Waals surface area contributed by atoms with Crippen LogP contribution in [-0.2, 0) is 6.54 Å². The lowest BCUT2D eigenvalue weighted by molar-refractivity contribution is 0.230. The van der Waals surface area contributed by atoms with Crippen LogP contribution >= 0.6 is 0 Å². The highest BCUT2D eigenvalue weighted by atomic mass is 15.2. The summed E-state index contributed by atoms with van der Waals surface area (Å²) in [4.78, 5) is 7.54. The minimum absolute atomic E-state index is 0.907. The second-order valence-corrected chi connectivity index (χ2v) is 7.81. The van der Waals surface area contributed by atoms with Crippen molar-refractivity contribution in [2.45, 2.75) is 13.5 Å². The van der Waals surface area contributed by atoms with Crippen LogP contribution in [0.5, 0.6) is 0 Å². The van der Waals surface area contributed by atoms with Crippen molar-refractivity contribution in [2.24, 2.45) is 0 Å². The summed E-state index contributed by atoms with van der Waals surface area (Å²) in [6, 6.07) is 23.6. The summed E-state index contributed by atoms with van der Waals surface area (Å²) in [5.74, 6) is 0. The molecule has 3 heterocycles. The van der Waals surface area contributed by atoms with E-state index in [-0.39, 0.29) is 0 Å². The predicted octanol–water partition coefficient (Wildman–Crippen LogP) is 4.38. The summed E-state index contributed by atoms with van der Waals surface area (Å²) < 4.78 is 2.29. The second kappa shape index (κ2) is 7.82. The molecule has 4 heteroatoms. The van der Waals surface area contributed by atoms with E-state index in [9.17, 15) is 0 Å². The van der Waals surface area contributed by atoms with E-state index < -0.39 is 0 Å². The van der Waals surface area contributed by atoms with Crippen molar-refractivity contribution in [1.29, 1.82) is 0 Å². The molecule has 1 aliphatic rings. The van der Waals surface area contributed by atoms with Gasteiger partial charge in [-0.25, -0.2) is 4.98 Å². The lowest BCUT2D eigenvalue weighted by atomic mass is 10.1. The van der Waals surface area contributed by atoms with Gasteiger partial charge in [0.25, 0.3) is 0 Å². The molecule has 29 heavy (non-hydrogen) atoms. The average molecular weight is 383 g/mol. The van der Waals surface area contributed by atoms with Gasteiger partial charge in [0.15, 0.2) is 0 Å². The highest BCUT2D eigenvalue weighted by Gasteiger charge is 2.19. The van der Waals surface area contributed by atoms with Crippen molar-refractivity contribution in [2.75, 3.05) is 26.2 Å². The highest BCUT2D eigenvalue weighted by molar-refractivity contribution is 5.70. The second-order valence-electron chi connectivity index (χ2n) is 7.81. The number of benzene rings is 2. The van der Waals surface area contributed by atoms with E-state index in [4.69, 9.17) is 4.98 Å². The molecule has 1 aliphatic heterocycles. The van der Waals surface area contributed by atoms with Crippen molar-refractivity contribution >= 4 is 5.65 Å². The molecule has 0 saturated carbocycles. The zero-order valence-corrected chi connectivity index (χ0v) is 16.8. The van der Waals surface area contributed by atoms with Crippen LogP contribution in [0.1, 0.15) is 11.3 Å². The van der Waals surface area contributed by atoms with Crippen molar-refractivity contribution < 1.29 is 0 Å². The van der Waals surface area contributed by atoms with Gasteiger partial charge >= 0.3 is 0 Å². The van der Waals surface area contributed by atoms with Gasteiger partial charge in [0, 0.05) is 44.5 Å². The third-order valence-corrected chi connectivity index (χ3v) is 5.70. The Labute approximate surface area is 171 Å². The van der Waals surface area contributed by atoms with Crippen LogP contribution in [0.2, 0.25) is 0 Å². The molecule has 1 fully saturated rings. The lowest BCUT2D eigenvalue weighted by Crippen LogP contribution is -2.43. The predicted molar refractivity (Wildman–Crippen MR) is 119 cm³/mol. The Hall–Kier alpha value is -2.95. The summed E-state index contributed by atoms with van der Waals surface area (Å²) in [7, 11) is 0. The molecule has 0 radical (unpaired) electrons. The Bertz CT molecular complexity index is 1120. The van der Waals surface area contributed by atoms with Gasteiger partial charge < -0.3 is 9.72 Å². The Morgan fingerprint density at radius 3 is 2.45 bits per heavy atom. The van der Waals surface area contributed by atoms with E-state index in [0.717, 1.165) is 44.1 Å². The topological polar surface area (TPSA) is 32.6 Å². The maximum atomic E-state index is 5.02. The normalized spacial score (nSPS) is 15.1. The van der Waals surface area contributed by atoms with Crippen LogP contribution in [0, 0.1) is 6.92 Å². The van der Waals surface area contributed by atoms with E-state index in [2.05, 4.69) is 94.5 Å². The molecule has 2 aromatic carbocycles. The number of aromatic nitrogens is 2.